The summed E-state index contributed by atoms with van der Waals surface area (Å²) in [6, 6.07) is 12.8. The van der Waals surface area contributed by atoms with Gasteiger partial charge in [-0.3, -0.25) is 9.89 Å². The van der Waals surface area contributed by atoms with E-state index < -0.39 is 10.0 Å². The standard InChI is InChI=1S/C20H23N5O3S2/c1-4-14-6-8-15(9-7-14)19-23-20(25-24-19)29-12-18(26)22-16-10-5-13(2)17(11-16)30(27,28)21-3/h5-11,21H,4,12H2,1-3H3,(H,22,26)(H,23,24,25). The van der Waals surface area contributed by atoms with Gasteiger partial charge in [0.05, 0.1) is 10.6 Å². The Morgan fingerprint density at radius 2 is 1.90 bits per heavy atom. The second kappa shape index (κ2) is 9.41. The maximum absolute atomic E-state index is 12.3. The lowest BCUT2D eigenvalue weighted by molar-refractivity contribution is -0.113. The molecule has 0 saturated heterocycles. The first-order valence-electron chi connectivity index (χ1n) is 9.31. The Labute approximate surface area is 179 Å². The highest BCUT2D eigenvalue weighted by molar-refractivity contribution is 7.99. The number of nitrogens with one attached hydrogen (secondary N) is 3. The molecule has 3 rings (SSSR count). The summed E-state index contributed by atoms with van der Waals surface area (Å²) in [7, 11) is -2.25. The van der Waals surface area contributed by atoms with Crippen molar-refractivity contribution in [2.45, 2.75) is 30.3 Å². The maximum Gasteiger partial charge on any atom is 0.240 e. The molecule has 8 nitrogen and oxygen atoms in total. The van der Waals surface area contributed by atoms with E-state index >= 15 is 0 Å². The largest absolute Gasteiger partial charge is 0.325 e. The Balaban J connectivity index is 1.61. The van der Waals surface area contributed by atoms with Crippen LogP contribution in [0.4, 0.5) is 5.69 Å². The van der Waals surface area contributed by atoms with Crippen LogP contribution in [0.15, 0.2) is 52.5 Å². The highest BCUT2D eigenvalue weighted by Crippen LogP contribution is 2.22. The molecule has 2 aromatic carbocycles. The van der Waals surface area contributed by atoms with Crippen molar-refractivity contribution in [1.82, 2.24) is 19.9 Å². The van der Waals surface area contributed by atoms with Gasteiger partial charge in [-0.15, -0.1) is 5.10 Å². The fourth-order valence-corrected chi connectivity index (χ4v) is 4.34. The van der Waals surface area contributed by atoms with Crippen LogP contribution in [0.2, 0.25) is 0 Å². The Morgan fingerprint density at radius 1 is 1.17 bits per heavy atom. The van der Waals surface area contributed by atoms with Crippen molar-refractivity contribution in [2.75, 3.05) is 18.1 Å². The van der Waals surface area contributed by atoms with Crippen LogP contribution in [-0.2, 0) is 21.2 Å². The molecule has 0 aliphatic rings. The van der Waals surface area contributed by atoms with Crippen molar-refractivity contribution >= 4 is 33.4 Å². The Morgan fingerprint density at radius 3 is 2.57 bits per heavy atom. The smallest absolute Gasteiger partial charge is 0.240 e. The van der Waals surface area contributed by atoms with Crippen molar-refractivity contribution in [3.05, 3.63) is 53.6 Å². The molecule has 3 N–H and O–H groups in total. The highest BCUT2D eigenvalue weighted by Gasteiger charge is 2.16. The summed E-state index contributed by atoms with van der Waals surface area (Å²) in [6.07, 6.45) is 0.969. The number of carbonyl (C=O) groups excluding carboxylic acids is 1. The molecule has 1 aromatic heterocycles. The molecule has 0 bridgehead atoms. The van der Waals surface area contributed by atoms with E-state index in [1.165, 1.54) is 30.4 Å². The number of aromatic amines is 1. The van der Waals surface area contributed by atoms with Gasteiger partial charge in [0, 0.05) is 11.3 Å². The van der Waals surface area contributed by atoms with Crippen LogP contribution in [0.3, 0.4) is 0 Å². The van der Waals surface area contributed by atoms with Gasteiger partial charge in [-0.2, -0.15) is 0 Å². The van der Waals surface area contributed by atoms with Crippen molar-refractivity contribution in [2.24, 2.45) is 0 Å². The predicted octanol–water partition coefficient (Wildman–Crippen LogP) is 2.98. The summed E-state index contributed by atoms with van der Waals surface area (Å²) in [4.78, 5) is 16.8. The molecule has 3 aromatic rings. The topological polar surface area (TPSA) is 117 Å². The molecule has 1 amide bonds. The summed E-state index contributed by atoms with van der Waals surface area (Å²) < 4.78 is 26.4. The zero-order chi connectivity index (χ0) is 21.7. The fourth-order valence-electron chi connectivity index (χ4n) is 2.74. The molecule has 0 unspecified atom stereocenters. The molecule has 1 heterocycles. The van der Waals surface area contributed by atoms with Crippen LogP contribution >= 0.6 is 11.8 Å². The lowest BCUT2D eigenvalue weighted by Crippen LogP contribution is -2.20. The van der Waals surface area contributed by atoms with E-state index in [0.717, 1.165) is 12.0 Å². The molecule has 0 atom stereocenters. The van der Waals surface area contributed by atoms with Crippen LogP contribution in [-0.4, -0.2) is 42.3 Å². The summed E-state index contributed by atoms with van der Waals surface area (Å²) in [5.41, 5.74) is 3.17. The number of carbonyl (C=O) groups is 1. The van der Waals surface area contributed by atoms with Crippen LogP contribution in [0.25, 0.3) is 11.4 Å². The molecule has 0 fully saturated rings. The van der Waals surface area contributed by atoms with Crippen LogP contribution in [0, 0.1) is 6.92 Å². The van der Waals surface area contributed by atoms with E-state index in [0.29, 0.717) is 22.2 Å². The Hall–Kier alpha value is -2.69. The SMILES string of the molecule is CCc1ccc(-c2nc(SCC(=O)Nc3ccc(C)c(S(=O)(=O)NC)c3)n[nH]2)cc1. The third kappa shape index (κ3) is 5.26. The zero-order valence-electron chi connectivity index (χ0n) is 16.9. The number of aryl methyl sites for hydroxylation is 2. The summed E-state index contributed by atoms with van der Waals surface area (Å²) in [6.45, 7) is 3.79. The second-order valence-electron chi connectivity index (χ2n) is 6.54. The molecular formula is C20H23N5O3S2. The number of thioether (sulfide) groups is 1. The minimum absolute atomic E-state index is 0.0913. The number of H-pyrrole nitrogens is 1. The van der Waals surface area contributed by atoms with Gasteiger partial charge in [0.25, 0.3) is 0 Å². The van der Waals surface area contributed by atoms with Gasteiger partial charge in [0.1, 0.15) is 0 Å². The molecule has 10 heteroatoms. The number of aromatic nitrogens is 3. The average Bonchev–Trinajstić information content (AvgIpc) is 3.22. The number of sulfonamides is 1. The van der Waals surface area contributed by atoms with Gasteiger partial charge >= 0.3 is 0 Å². The maximum atomic E-state index is 12.3. The first kappa shape index (κ1) is 22.0. The first-order chi connectivity index (χ1) is 14.3. The number of amides is 1. The number of benzene rings is 2. The van der Waals surface area contributed by atoms with Gasteiger partial charge in [-0.05, 0) is 43.7 Å². The summed E-state index contributed by atoms with van der Waals surface area (Å²) >= 11 is 1.19. The van der Waals surface area contributed by atoms with Gasteiger partial charge < -0.3 is 5.32 Å². The van der Waals surface area contributed by atoms with Crippen LogP contribution in [0.1, 0.15) is 18.1 Å². The minimum atomic E-state index is -3.60. The third-order valence-electron chi connectivity index (χ3n) is 4.46. The fraction of sp³-hybridized carbons (Fsp3) is 0.250. The number of nitrogens with zero attached hydrogens (tertiary/aromatic N) is 2. The van der Waals surface area contributed by atoms with Gasteiger partial charge in [-0.25, -0.2) is 18.1 Å². The van der Waals surface area contributed by atoms with Crippen molar-refractivity contribution < 1.29 is 13.2 Å². The van der Waals surface area contributed by atoms with Gasteiger partial charge in [0.2, 0.25) is 21.1 Å². The molecule has 30 heavy (non-hydrogen) atoms. The van der Waals surface area contributed by atoms with E-state index in [-0.39, 0.29) is 16.6 Å². The van der Waals surface area contributed by atoms with Gasteiger partial charge in [0.15, 0.2) is 5.82 Å². The molecular weight excluding hydrogens is 422 g/mol. The average molecular weight is 446 g/mol. The molecule has 0 saturated carbocycles. The Bertz CT molecular complexity index is 1140. The van der Waals surface area contributed by atoms with Crippen molar-refractivity contribution in [3.8, 4) is 11.4 Å². The van der Waals surface area contributed by atoms with E-state index in [9.17, 15) is 13.2 Å². The van der Waals surface area contributed by atoms with E-state index in [1.807, 2.05) is 24.3 Å². The molecule has 0 aliphatic heterocycles. The van der Waals surface area contributed by atoms with E-state index in [1.54, 1.807) is 19.1 Å². The van der Waals surface area contributed by atoms with Crippen molar-refractivity contribution in [1.29, 1.82) is 0 Å². The van der Waals surface area contributed by atoms with Gasteiger partial charge in [-0.1, -0.05) is 49.0 Å². The first-order valence-corrected chi connectivity index (χ1v) is 11.8. The monoisotopic (exact) mass is 445 g/mol. The molecule has 158 valence electrons. The minimum Gasteiger partial charge on any atom is -0.325 e. The van der Waals surface area contributed by atoms with E-state index in [4.69, 9.17) is 0 Å². The number of hydrogen-bond acceptors (Lipinski definition) is 6. The Kier molecular flexibility index (Phi) is 6.91. The molecule has 0 spiro atoms. The number of hydrogen-bond donors (Lipinski definition) is 3. The third-order valence-corrected chi connectivity index (χ3v) is 6.87. The lowest BCUT2D eigenvalue weighted by atomic mass is 10.1. The lowest BCUT2D eigenvalue weighted by Gasteiger charge is -2.10. The zero-order valence-corrected chi connectivity index (χ0v) is 18.5. The normalized spacial score (nSPS) is 11.4. The van der Waals surface area contributed by atoms with E-state index in [2.05, 4.69) is 32.1 Å². The highest BCUT2D eigenvalue weighted by atomic mass is 32.2. The number of anilines is 1. The quantitative estimate of drug-likeness (QED) is 0.459. The molecule has 0 radical (unpaired) electrons. The van der Waals surface area contributed by atoms with Crippen LogP contribution < -0.4 is 10.0 Å². The molecule has 0 aliphatic carbocycles. The predicted molar refractivity (Wildman–Crippen MR) is 118 cm³/mol. The summed E-state index contributed by atoms with van der Waals surface area (Å²) in [5.74, 6) is 0.449. The van der Waals surface area contributed by atoms with Crippen molar-refractivity contribution in [3.63, 3.8) is 0 Å². The summed E-state index contributed by atoms with van der Waals surface area (Å²) in [5, 5.41) is 10.2. The second-order valence-corrected chi connectivity index (χ2v) is 9.34. The van der Waals surface area contributed by atoms with Crippen LogP contribution in [0.5, 0.6) is 0 Å². The number of rotatable bonds is 8.